The minimum atomic E-state index is 0.153. The first-order chi connectivity index (χ1) is 9.65. The van der Waals surface area contributed by atoms with Crippen LogP contribution in [0.1, 0.15) is 19.4 Å². The molecule has 0 bridgehead atoms. The van der Waals surface area contributed by atoms with E-state index >= 15 is 0 Å². The Hall–Kier alpha value is -1.96. The Morgan fingerprint density at radius 1 is 1.40 bits per heavy atom. The van der Waals surface area contributed by atoms with Crippen molar-refractivity contribution in [2.45, 2.75) is 13.8 Å². The van der Waals surface area contributed by atoms with E-state index in [1.807, 2.05) is 12.1 Å². The van der Waals surface area contributed by atoms with E-state index in [2.05, 4.69) is 61.4 Å². The summed E-state index contributed by atoms with van der Waals surface area (Å²) in [5, 5.41) is 14.7. The van der Waals surface area contributed by atoms with Crippen molar-refractivity contribution in [2.75, 3.05) is 23.7 Å². The molecule has 0 atom stereocenters. The lowest BCUT2D eigenvalue weighted by Gasteiger charge is -2.22. The van der Waals surface area contributed by atoms with Gasteiger partial charge in [0.2, 0.25) is 0 Å². The number of rotatable bonds is 5. The predicted octanol–water partition coefficient (Wildman–Crippen LogP) is 1.75. The number of nitrogens with two attached hydrogens (primary N) is 1. The Morgan fingerprint density at radius 3 is 2.70 bits per heavy atom. The normalized spacial score (nSPS) is 11.2. The smallest absolute Gasteiger partial charge is 0.263 e. The molecule has 0 radical (unpaired) electrons. The van der Waals surface area contributed by atoms with Crippen LogP contribution in [0.2, 0.25) is 0 Å². The van der Waals surface area contributed by atoms with Crippen molar-refractivity contribution in [3.8, 4) is 0 Å². The van der Waals surface area contributed by atoms with Crippen LogP contribution < -0.4 is 10.6 Å². The van der Waals surface area contributed by atoms with Crippen LogP contribution in [0, 0.1) is 0 Å². The molecule has 0 aliphatic carbocycles. The first-order valence-electron chi connectivity index (χ1n) is 6.28. The van der Waals surface area contributed by atoms with Gasteiger partial charge in [-0.15, -0.1) is 0 Å². The van der Waals surface area contributed by atoms with E-state index in [9.17, 15) is 0 Å². The molecule has 0 saturated carbocycles. The summed E-state index contributed by atoms with van der Waals surface area (Å²) >= 11 is 3.59. The van der Waals surface area contributed by atoms with Crippen LogP contribution >= 0.6 is 15.9 Å². The Bertz CT molecular complexity index is 604. The molecule has 7 nitrogen and oxygen atoms in total. The Balaban J connectivity index is 2.21. The van der Waals surface area contributed by atoms with E-state index < -0.39 is 0 Å². The van der Waals surface area contributed by atoms with Gasteiger partial charge in [0.15, 0.2) is 0 Å². The third kappa shape index (κ3) is 3.13. The van der Waals surface area contributed by atoms with E-state index in [1.165, 1.54) is 4.79 Å². The van der Waals surface area contributed by atoms with Crippen LogP contribution in [-0.2, 0) is 0 Å². The minimum Gasteiger partial charge on any atom is -0.371 e. The second kappa shape index (κ2) is 6.47. The van der Waals surface area contributed by atoms with Crippen molar-refractivity contribution in [1.29, 1.82) is 0 Å². The highest BCUT2D eigenvalue weighted by Crippen LogP contribution is 2.26. The highest BCUT2D eigenvalue weighted by Gasteiger charge is 2.06. The molecule has 106 valence electrons. The average molecular weight is 338 g/mol. The van der Waals surface area contributed by atoms with Crippen LogP contribution in [0.4, 0.5) is 11.6 Å². The largest absolute Gasteiger partial charge is 0.371 e. The maximum absolute atomic E-state index is 5.53. The third-order valence-corrected chi connectivity index (χ3v) is 3.50. The SMILES string of the molecule is CCN(CC)c1ccc(/C=N/n2nnnc2N)cc1Br. The van der Waals surface area contributed by atoms with E-state index in [-0.39, 0.29) is 5.95 Å². The maximum atomic E-state index is 5.53. The van der Waals surface area contributed by atoms with E-state index in [4.69, 9.17) is 5.73 Å². The van der Waals surface area contributed by atoms with Gasteiger partial charge in [0.25, 0.3) is 5.95 Å². The summed E-state index contributed by atoms with van der Waals surface area (Å²) in [5.74, 6) is 0.153. The van der Waals surface area contributed by atoms with Gasteiger partial charge in [-0.3, -0.25) is 0 Å². The van der Waals surface area contributed by atoms with E-state index in [0.717, 1.165) is 28.8 Å². The van der Waals surface area contributed by atoms with E-state index in [0.29, 0.717) is 0 Å². The number of tetrazole rings is 1. The van der Waals surface area contributed by atoms with Crippen LogP contribution in [0.25, 0.3) is 0 Å². The lowest BCUT2D eigenvalue weighted by Crippen LogP contribution is -2.22. The molecule has 1 aromatic carbocycles. The molecule has 0 fully saturated rings. The van der Waals surface area contributed by atoms with Crippen molar-refractivity contribution < 1.29 is 0 Å². The fourth-order valence-corrected chi connectivity index (χ4v) is 2.46. The Labute approximate surface area is 125 Å². The van der Waals surface area contributed by atoms with Gasteiger partial charge < -0.3 is 10.6 Å². The molecule has 0 aliphatic rings. The Kier molecular flexibility index (Phi) is 4.67. The number of hydrogen-bond acceptors (Lipinski definition) is 6. The summed E-state index contributed by atoms with van der Waals surface area (Å²) in [5.41, 5.74) is 7.63. The monoisotopic (exact) mass is 337 g/mol. The second-order valence-electron chi connectivity index (χ2n) is 4.05. The van der Waals surface area contributed by atoms with Gasteiger partial charge in [-0.2, -0.15) is 5.10 Å². The summed E-state index contributed by atoms with van der Waals surface area (Å²) in [6.45, 7) is 6.19. The molecular formula is C12H16BrN7. The quantitative estimate of drug-likeness (QED) is 0.840. The molecule has 1 aromatic heterocycles. The number of anilines is 2. The van der Waals surface area contributed by atoms with Gasteiger partial charge in [-0.05, 0) is 57.9 Å². The summed E-state index contributed by atoms with van der Waals surface area (Å²) in [6, 6.07) is 6.04. The van der Waals surface area contributed by atoms with Gasteiger partial charge in [0, 0.05) is 17.6 Å². The van der Waals surface area contributed by atoms with E-state index in [1.54, 1.807) is 6.21 Å². The molecule has 1 heterocycles. The van der Waals surface area contributed by atoms with Crippen LogP contribution in [0.5, 0.6) is 0 Å². The van der Waals surface area contributed by atoms with Crippen molar-refractivity contribution in [3.63, 3.8) is 0 Å². The molecule has 8 heteroatoms. The fourth-order valence-electron chi connectivity index (χ4n) is 1.82. The zero-order chi connectivity index (χ0) is 14.5. The number of aromatic nitrogens is 4. The van der Waals surface area contributed by atoms with Gasteiger partial charge in [-0.25, -0.2) is 0 Å². The molecule has 0 amide bonds. The van der Waals surface area contributed by atoms with Crippen molar-refractivity contribution >= 4 is 33.8 Å². The summed E-state index contributed by atoms with van der Waals surface area (Å²) in [6.07, 6.45) is 1.66. The van der Waals surface area contributed by atoms with Gasteiger partial charge in [0.1, 0.15) is 0 Å². The van der Waals surface area contributed by atoms with Crippen molar-refractivity contribution in [2.24, 2.45) is 5.10 Å². The summed E-state index contributed by atoms with van der Waals surface area (Å²) < 4.78 is 1.02. The van der Waals surface area contributed by atoms with Gasteiger partial charge in [-0.1, -0.05) is 16.0 Å². The van der Waals surface area contributed by atoms with Gasteiger partial charge in [0.05, 0.1) is 11.9 Å². The highest BCUT2D eigenvalue weighted by molar-refractivity contribution is 9.10. The predicted molar refractivity (Wildman–Crippen MR) is 82.9 cm³/mol. The van der Waals surface area contributed by atoms with Crippen molar-refractivity contribution in [3.05, 3.63) is 28.2 Å². The van der Waals surface area contributed by atoms with Crippen molar-refractivity contribution in [1.82, 2.24) is 20.3 Å². The van der Waals surface area contributed by atoms with Crippen LogP contribution in [0.3, 0.4) is 0 Å². The molecule has 0 aliphatic heterocycles. The standard InChI is InChI=1S/C12H16BrN7/c1-3-19(4-2)11-6-5-9(7-10(11)13)8-15-20-12(14)16-17-18-20/h5-8H,3-4H2,1-2H3,(H2,14,16,18)/b15-8+. The maximum Gasteiger partial charge on any atom is 0.263 e. The lowest BCUT2D eigenvalue weighted by atomic mass is 10.2. The molecular weight excluding hydrogens is 322 g/mol. The average Bonchev–Trinajstić information content (AvgIpc) is 2.85. The van der Waals surface area contributed by atoms with Gasteiger partial charge >= 0.3 is 0 Å². The first kappa shape index (κ1) is 14.4. The molecule has 2 N–H and O–H groups in total. The summed E-state index contributed by atoms with van der Waals surface area (Å²) in [7, 11) is 0. The highest BCUT2D eigenvalue weighted by atomic mass is 79.9. The van der Waals surface area contributed by atoms with Crippen LogP contribution in [0.15, 0.2) is 27.8 Å². The molecule has 2 rings (SSSR count). The number of benzene rings is 1. The fraction of sp³-hybridized carbons (Fsp3) is 0.333. The third-order valence-electron chi connectivity index (χ3n) is 2.87. The number of nitrogens with zero attached hydrogens (tertiary/aromatic N) is 6. The van der Waals surface area contributed by atoms with Crippen LogP contribution in [-0.4, -0.2) is 39.6 Å². The Morgan fingerprint density at radius 2 is 2.15 bits per heavy atom. The topological polar surface area (TPSA) is 85.2 Å². The molecule has 2 aromatic rings. The zero-order valence-corrected chi connectivity index (χ0v) is 12.9. The molecule has 20 heavy (non-hydrogen) atoms. The first-order valence-corrected chi connectivity index (χ1v) is 7.07. The number of nitrogen functional groups attached to an aromatic ring is 1. The molecule has 0 unspecified atom stereocenters. The second-order valence-corrected chi connectivity index (χ2v) is 4.91. The summed E-state index contributed by atoms with van der Waals surface area (Å²) in [4.78, 5) is 3.44. The zero-order valence-electron chi connectivity index (χ0n) is 11.4. The lowest BCUT2D eigenvalue weighted by molar-refractivity contribution is 0.699. The molecule has 0 spiro atoms. The minimum absolute atomic E-state index is 0.153. The number of halogens is 1. The number of hydrogen-bond donors (Lipinski definition) is 1. The molecule has 0 saturated heterocycles.